The van der Waals surface area contributed by atoms with Gasteiger partial charge in [-0.2, -0.15) is 5.26 Å². The third-order valence-electron chi connectivity index (χ3n) is 4.73. The molecule has 0 radical (unpaired) electrons. The van der Waals surface area contributed by atoms with Crippen LogP contribution in [0.25, 0.3) is 22.8 Å². The quantitative estimate of drug-likeness (QED) is 0.0610. The molecular weight excluding hydrogens is 918 g/mol. The van der Waals surface area contributed by atoms with Crippen LogP contribution in [0, 0.1) is 0 Å². The number of nitrogens with zero attached hydrogens (tertiary/aromatic N) is 4. The summed E-state index contributed by atoms with van der Waals surface area (Å²) in [5.74, 6) is -0.813. The van der Waals surface area contributed by atoms with Crippen molar-refractivity contribution in [2.24, 2.45) is 0 Å². The minimum Gasteiger partial charge on any atom is -0.296 e. The van der Waals surface area contributed by atoms with Gasteiger partial charge >= 0.3 is 5.97 Å². The van der Waals surface area contributed by atoms with Gasteiger partial charge in [-0.25, -0.2) is 9.78 Å². The molecule has 4 aromatic heterocycles. The van der Waals surface area contributed by atoms with Gasteiger partial charge in [-0.15, -0.1) is 0 Å². The molecule has 0 aliphatic heterocycles. The summed E-state index contributed by atoms with van der Waals surface area (Å²) in [5.41, 5.74) is 3.28. The average molecular weight is 937 g/mol. The molecular formula is C28H19Br4Cl4N4O4+. The maximum Gasteiger partial charge on any atom is 0.372 e. The Balaban J connectivity index is 0.000000219. The lowest BCUT2D eigenvalue weighted by atomic mass is 10.2. The average Bonchev–Trinajstić information content (AvgIpc) is 2.98. The highest BCUT2D eigenvalue weighted by molar-refractivity contribution is 9.11. The predicted molar refractivity (Wildman–Crippen MR) is 186 cm³/mol. The molecule has 0 atom stereocenters. The Kier molecular flexibility index (Phi) is 17.7. The lowest BCUT2D eigenvalue weighted by Crippen LogP contribution is -2.32. The van der Waals surface area contributed by atoms with Gasteiger partial charge in [0.2, 0.25) is 6.20 Å². The van der Waals surface area contributed by atoms with Crippen LogP contribution in [0.5, 0.6) is 0 Å². The minimum atomic E-state index is -0.813. The first-order valence-electron chi connectivity index (χ1n) is 11.7. The standard InChI is InChI=1S/C10H7Br2N2O.C10H6Br2N2.C7H5ClO3.CHCl3/c11-7-1-3-13-9(5-7)10-6-8(12)2-4-14(10)15;11-7-1-3-13-9(5-7)10-6-8(12)2-4-14-10;8-6-3-1-2-5(4-6)7(9)11-10;2-1(3)4/h1-6,15H;1-6H;1-4,10H;1H/q+1;;;. The van der Waals surface area contributed by atoms with Gasteiger partial charge in [0.25, 0.3) is 5.69 Å². The summed E-state index contributed by atoms with van der Waals surface area (Å²) < 4.78 is 4.12. The number of carbonyl (C=O) groups is 1. The van der Waals surface area contributed by atoms with Crippen molar-refractivity contribution in [2.45, 2.75) is 4.30 Å². The van der Waals surface area contributed by atoms with E-state index >= 15 is 0 Å². The largest absolute Gasteiger partial charge is 0.372 e. The topological polar surface area (TPSA) is 109 Å². The highest BCUT2D eigenvalue weighted by atomic mass is 79.9. The number of pyridine rings is 4. The molecule has 0 aliphatic rings. The van der Waals surface area contributed by atoms with E-state index in [1.54, 1.807) is 49.1 Å². The minimum absolute atomic E-state index is 0.222. The third kappa shape index (κ3) is 14.5. The molecule has 0 spiro atoms. The maximum atomic E-state index is 10.6. The van der Waals surface area contributed by atoms with Gasteiger partial charge in [0.05, 0.1) is 17.0 Å². The Morgan fingerprint density at radius 1 is 0.727 bits per heavy atom. The Morgan fingerprint density at radius 3 is 1.64 bits per heavy atom. The molecule has 44 heavy (non-hydrogen) atoms. The lowest BCUT2D eigenvalue weighted by Gasteiger charge is -2.00. The fourth-order valence-corrected chi connectivity index (χ4v) is 4.49. The van der Waals surface area contributed by atoms with Crippen LogP contribution < -0.4 is 4.73 Å². The van der Waals surface area contributed by atoms with E-state index in [4.69, 9.17) is 51.7 Å². The van der Waals surface area contributed by atoms with Gasteiger partial charge in [-0.1, -0.05) is 116 Å². The van der Waals surface area contributed by atoms with Gasteiger partial charge in [-0.3, -0.25) is 20.1 Å². The van der Waals surface area contributed by atoms with Gasteiger partial charge in [0.1, 0.15) is 5.69 Å². The first-order valence-corrected chi connectivity index (χ1v) is 16.5. The van der Waals surface area contributed by atoms with E-state index in [1.165, 1.54) is 12.1 Å². The van der Waals surface area contributed by atoms with Crippen LogP contribution in [0.4, 0.5) is 0 Å². The van der Waals surface area contributed by atoms with Crippen LogP contribution in [0.15, 0.2) is 115 Å². The molecule has 230 valence electrons. The van der Waals surface area contributed by atoms with Gasteiger partial charge in [0.15, 0.2) is 4.30 Å². The zero-order chi connectivity index (χ0) is 32.6. The summed E-state index contributed by atoms with van der Waals surface area (Å²) in [5, 5.41) is 18.0. The van der Waals surface area contributed by atoms with Crippen molar-refractivity contribution >= 4 is 116 Å². The normalized spacial score (nSPS) is 9.86. The van der Waals surface area contributed by atoms with Crippen LogP contribution in [0.1, 0.15) is 10.4 Å². The summed E-state index contributed by atoms with van der Waals surface area (Å²) >= 11 is 33.5. The lowest BCUT2D eigenvalue weighted by molar-refractivity contribution is -0.896. The van der Waals surface area contributed by atoms with Crippen LogP contribution in [-0.4, -0.2) is 35.7 Å². The molecule has 16 heteroatoms. The molecule has 0 amide bonds. The monoisotopic (exact) mass is 931 g/mol. The number of benzene rings is 1. The number of carbonyl (C=O) groups excluding carboxylic acids is 1. The Labute approximate surface area is 306 Å². The van der Waals surface area contributed by atoms with Crippen molar-refractivity contribution in [1.29, 1.82) is 0 Å². The molecule has 0 bridgehead atoms. The molecule has 1 aromatic carbocycles. The van der Waals surface area contributed by atoms with Crippen molar-refractivity contribution in [3.05, 3.63) is 126 Å². The number of hydrogen-bond acceptors (Lipinski definition) is 7. The van der Waals surface area contributed by atoms with Gasteiger partial charge in [0, 0.05) is 58.4 Å². The first-order chi connectivity index (χ1) is 20.9. The molecule has 4 heterocycles. The number of alkyl halides is 3. The van der Waals surface area contributed by atoms with E-state index in [0.29, 0.717) is 16.4 Å². The summed E-state index contributed by atoms with van der Waals surface area (Å²) in [4.78, 5) is 26.8. The molecule has 0 saturated heterocycles. The summed E-state index contributed by atoms with van der Waals surface area (Å²) in [7, 11) is 0. The zero-order valence-corrected chi connectivity index (χ0v) is 31.2. The van der Waals surface area contributed by atoms with Crippen molar-refractivity contribution in [2.75, 3.05) is 0 Å². The SMILES string of the molecule is Brc1ccnc(-c2cc(Br)ccn2)c1.ClC(Cl)Cl.O=C(OO)c1cccc(Cl)c1.O[n+]1ccc(Br)cc1-c1cc(Br)ccn1. The number of halogens is 8. The Hall–Kier alpha value is -1.87. The third-order valence-corrected chi connectivity index (χ3v) is 6.94. The molecule has 2 N–H and O–H groups in total. The zero-order valence-electron chi connectivity index (χ0n) is 21.8. The smallest absolute Gasteiger partial charge is 0.296 e. The number of aromatic nitrogens is 4. The number of hydrogen-bond donors (Lipinski definition) is 2. The van der Waals surface area contributed by atoms with Crippen molar-refractivity contribution in [3.8, 4) is 22.8 Å². The van der Waals surface area contributed by atoms with Gasteiger partial charge in [-0.05, 0) is 54.6 Å². The van der Waals surface area contributed by atoms with Gasteiger partial charge < -0.3 is 0 Å². The molecule has 0 fully saturated rings. The predicted octanol–water partition coefficient (Wildman–Crippen LogP) is 10.4. The van der Waals surface area contributed by atoms with E-state index in [1.807, 2.05) is 36.4 Å². The Bertz CT molecular complexity index is 1630. The molecule has 0 aliphatic carbocycles. The van der Waals surface area contributed by atoms with Crippen molar-refractivity contribution < 1.29 is 24.9 Å². The van der Waals surface area contributed by atoms with Crippen molar-refractivity contribution in [1.82, 2.24) is 15.0 Å². The first kappa shape index (κ1) is 38.3. The maximum absolute atomic E-state index is 10.6. The van der Waals surface area contributed by atoms with E-state index in [2.05, 4.69) is 83.6 Å². The highest BCUT2D eigenvalue weighted by Gasteiger charge is 2.14. The van der Waals surface area contributed by atoms with E-state index < -0.39 is 10.3 Å². The van der Waals surface area contributed by atoms with Crippen molar-refractivity contribution in [3.63, 3.8) is 0 Å². The van der Waals surface area contributed by atoms with Crippen LogP contribution in [-0.2, 0) is 4.89 Å². The number of rotatable bonds is 3. The highest BCUT2D eigenvalue weighted by Crippen LogP contribution is 2.22. The molecule has 5 rings (SSSR count). The molecule has 0 unspecified atom stereocenters. The Morgan fingerprint density at radius 2 is 1.18 bits per heavy atom. The molecule has 0 saturated carbocycles. The second kappa shape index (κ2) is 20.3. The van der Waals surface area contributed by atoms with E-state index in [0.717, 1.165) is 34.0 Å². The van der Waals surface area contributed by atoms with Crippen LogP contribution in [0.3, 0.4) is 0 Å². The summed E-state index contributed by atoms with van der Waals surface area (Å²) in [6.07, 6.45) is 6.74. The van der Waals surface area contributed by atoms with Crippen LogP contribution >= 0.6 is 110 Å². The summed E-state index contributed by atoms with van der Waals surface area (Å²) in [6, 6.07) is 21.0. The fourth-order valence-electron chi connectivity index (χ4n) is 2.96. The fraction of sp³-hybridized carbons (Fsp3) is 0.0357. The van der Waals surface area contributed by atoms with E-state index in [-0.39, 0.29) is 5.56 Å². The van der Waals surface area contributed by atoms with Crippen LogP contribution in [0.2, 0.25) is 5.02 Å². The second-order valence-electron chi connectivity index (χ2n) is 7.79. The summed E-state index contributed by atoms with van der Waals surface area (Å²) in [6.45, 7) is 0. The molecule has 8 nitrogen and oxygen atoms in total. The second-order valence-corrected chi connectivity index (χ2v) is 13.9. The van der Waals surface area contributed by atoms with E-state index in [9.17, 15) is 10.0 Å². The molecule has 5 aromatic rings.